The molecule has 0 saturated carbocycles. The number of nitrogens with zero attached hydrogens (tertiary/aromatic N) is 5. The molecule has 0 saturated heterocycles. The van der Waals surface area contributed by atoms with Gasteiger partial charge in [-0.2, -0.15) is 22.8 Å². The Balaban J connectivity index is 1.42. The van der Waals surface area contributed by atoms with Gasteiger partial charge in [0.15, 0.2) is 11.5 Å². The average molecular weight is 515 g/mol. The van der Waals surface area contributed by atoms with Gasteiger partial charge < -0.3 is 15.2 Å². The van der Waals surface area contributed by atoms with Crippen LogP contribution in [-0.4, -0.2) is 38.1 Å². The number of halogens is 4. The summed E-state index contributed by atoms with van der Waals surface area (Å²) in [6.45, 7) is 0.0584. The van der Waals surface area contributed by atoms with E-state index in [1.807, 2.05) is 12.1 Å². The van der Waals surface area contributed by atoms with Crippen LogP contribution in [0, 0.1) is 0 Å². The molecule has 0 radical (unpaired) electrons. The normalized spacial score (nSPS) is 12.7. The highest BCUT2D eigenvalue weighted by Crippen LogP contribution is 2.36. The fourth-order valence-corrected chi connectivity index (χ4v) is 3.99. The van der Waals surface area contributed by atoms with Crippen molar-refractivity contribution in [3.63, 3.8) is 0 Å². The molecule has 0 aliphatic rings. The molecular formula is C24H18ClF3N6O2. The molecule has 0 aliphatic carbocycles. The number of hydrogen-bond donors (Lipinski definition) is 1. The highest BCUT2D eigenvalue weighted by atomic mass is 35.5. The summed E-state index contributed by atoms with van der Waals surface area (Å²) in [5.74, 6) is 1.70. The molecule has 0 fully saturated rings. The smallest absolute Gasteiger partial charge is 0.407 e. The van der Waals surface area contributed by atoms with E-state index < -0.39 is 12.2 Å². The maximum atomic E-state index is 13.0. The van der Waals surface area contributed by atoms with Crippen LogP contribution in [0.1, 0.15) is 17.4 Å². The molecular weight excluding hydrogens is 497 g/mol. The number of hydrogen-bond acceptors (Lipinski definition) is 7. The van der Waals surface area contributed by atoms with E-state index in [9.17, 15) is 13.2 Å². The highest BCUT2D eigenvalue weighted by Gasteiger charge is 2.38. The molecule has 1 unspecified atom stereocenters. The summed E-state index contributed by atoms with van der Waals surface area (Å²) in [6.07, 6.45) is -2.97. The van der Waals surface area contributed by atoms with Gasteiger partial charge in [0, 0.05) is 28.2 Å². The lowest BCUT2D eigenvalue weighted by atomic mass is 10.0. The largest absolute Gasteiger partial charge is 0.497 e. The molecule has 2 aromatic carbocycles. The molecule has 0 spiro atoms. The lowest BCUT2D eigenvalue weighted by Crippen LogP contribution is -2.28. The van der Waals surface area contributed by atoms with Gasteiger partial charge in [0.1, 0.15) is 24.1 Å². The third kappa shape index (κ3) is 4.50. The first-order valence-electron chi connectivity index (χ1n) is 10.6. The van der Waals surface area contributed by atoms with Crippen molar-refractivity contribution < 1.29 is 22.6 Å². The minimum Gasteiger partial charge on any atom is -0.497 e. The second-order valence-corrected chi connectivity index (χ2v) is 8.25. The molecule has 5 rings (SSSR count). The zero-order chi connectivity index (χ0) is 25.4. The monoisotopic (exact) mass is 514 g/mol. The molecule has 0 aliphatic heterocycles. The molecule has 0 amide bonds. The molecule has 8 nitrogen and oxygen atoms in total. The van der Waals surface area contributed by atoms with Gasteiger partial charge in [-0.25, -0.2) is 0 Å². The van der Waals surface area contributed by atoms with Crippen LogP contribution in [-0.2, 0) is 6.61 Å². The standard InChI is InChI=1S/C24H18ClF3N6O2/c1-35-14-3-5-16-19(11-14)30-9-8-20(16)36-12-22-32-31-21-7-6-18(33-34(21)22)13-2-4-15(17(25)10-13)23(29)24(26,27)28/h2-11,23H,12,29H2,1H3. The quantitative estimate of drug-likeness (QED) is 0.335. The first kappa shape index (κ1) is 23.8. The number of methoxy groups -OCH3 is 1. The lowest BCUT2D eigenvalue weighted by molar-refractivity contribution is -0.149. The Morgan fingerprint density at radius 3 is 2.64 bits per heavy atom. The van der Waals surface area contributed by atoms with E-state index in [2.05, 4.69) is 20.3 Å². The molecule has 36 heavy (non-hydrogen) atoms. The topological polar surface area (TPSA) is 100 Å². The summed E-state index contributed by atoms with van der Waals surface area (Å²) in [4.78, 5) is 4.34. The lowest BCUT2D eigenvalue weighted by Gasteiger charge is -2.17. The molecule has 184 valence electrons. The SMILES string of the molecule is COc1ccc2c(OCc3nnc4ccc(-c5ccc(C(N)C(F)(F)F)c(Cl)c5)nn34)ccnc2c1. The number of nitrogens with two attached hydrogens (primary N) is 1. The summed E-state index contributed by atoms with van der Waals surface area (Å²) in [7, 11) is 1.58. The van der Waals surface area contributed by atoms with E-state index in [1.165, 1.54) is 22.7 Å². The maximum Gasteiger partial charge on any atom is 0.407 e. The van der Waals surface area contributed by atoms with Crippen molar-refractivity contribution in [3.8, 4) is 22.8 Å². The van der Waals surface area contributed by atoms with E-state index in [1.54, 1.807) is 37.6 Å². The summed E-state index contributed by atoms with van der Waals surface area (Å²) in [6, 6.07) is 12.5. The molecule has 2 N–H and O–H groups in total. The van der Waals surface area contributed by atoms with Crippen molar-refractivity contribution in [1.29, 1.82) is 0 Å². The first-order valence-corrected chi connectivity index (χ1v) is 11.0. The third-order valence-electron chi connectivity index (χ3n) is 5.58. The van der Waals surface area contributed by atoms with Crippen molar-refractivity contribution in [3.05, 3.63) is 77.2 Å². The van der Waals surface area contributed by atoms with Crippen molar-refractivity contribution in [2.45, 2.75) is 18.8 Å². The molecule has 0 bridgehead atoms. The Kier molecular flexibility index (Phi) is 6.10. The Bertz CT molecular complexity index is 1570. The van der Waals surface area contributed by atoms with Gasteiger partial charge in [0.05, 0.1) is 18.3 Å². The summed E-state index contributed by atoms with van der Waals surface area (Å²) >= 11 is 6.12. The first-order chi connectivity index (χ1) is 17.2. The Labute approximate surface area is 207 Å². The van der Waals surface area contributed by atoms with Crippen LogP contribution in [0.25, 0.3) is 27.8 Å². The molecule has 1 atom stereocenters. The Morgan fingerprint density at radius 2 is 1.89 bits per heavy atom. The van der Waals surface area contributed by atoms with Crippen LogP contribution in [0.2, 0.25) is 5.02 Å². The van der Waals surface area contributed by atoms with Gasteiger partial charge >= 0.3 is 6.18 Å². The van der Waals surface area contributed by atoms with E-state index in [-0.39, 0.29) is 17.2 Å². The second-order valence-electron chi connectivity index (χ2n) is 7.84. The predicted octanol–water partition coefficient (Wildman–Crippen LogP) is 5.14. The Hall–Kier alpha value is -3.96. The predicted molar refractivity (Wildman–Crippen MR) is 127 cm³/mol. The highest BCUT2D eigenvalue weighted by molar-refractivity contribution is 6.31. The minimum absolute atomic E-state index is 0.0584. The van der Waals surface area contributed by atoms with E-state index in [0.29, 0.717) is 39.7 Å². The van der Waals surface area contributed by atoms with E-state index >= 15 is 0 Å². The van der Waals surface area contributed by atoms with Crippen LogP contribution in [0.15, 0.2) is 60.8 Å². The average Bonchev–Trinajstić information content (AvgIpc) is 3.28. The number of benzene rings is 2. The number of aromatic nitrogens is 5. The molecule has 3 heterocycles. The van der Waals surface area contributed by atoms with Crippen LogP contribution < -0.4 is 15.2 Å². The van der Waals surface area contributed by atoms with E-state index in [4.69, 9.17) is 26.8 Å². The van der Waals surface area contributed by atoms with Crippen molar-refractivity contribution in [1.82, 2.24) is 24.8 Å². The number of alkyl halides is 3. The molecule has 5 aromatic rings. The van der Waals surface area contributed by atoms with Crippen molar-refractivity contribution in [2.75, 3.05) is 7.11 Å². The molecule has 12 heteroatoms. The second kappa shape index (κ2) is 9.25. The fraction of sp³-hybridized carbons (Fsp3) is 0.167. The van der Waals surface area contributed by atoms with E-state index in [0.717, 1.165) is 5.39 Å². The zero-order valence-corrected chi connectivity index (χ0v) is 19.5. The van der Waals surface area contributed by atoms with Gasteiger partial charge in [0.2, 0.25) is 0 Å². The van der Waals surface area contributed by atoms with Gasteiger partial charge in [-0.05, 0) is 42.0 Å². The number of pyridine rings is 1. The van der Waals surface area contributed by atoms with Crippen LogP contribution >= 0.6 is 11.6 Å². The van der Waals surface area contributed by atoms with Gasteiger partial charge in [-0.1, -0.05) is 23.7 Å². The zero-order valence-electron chi connectivity index (χ0n) is 18.7. The summed E-state index contributed by atoms with van der Waals surface area (Å²) in [5, 5.41) is 13.5. The number of fused-ring (bicyclic) bond motifs is 2. The summed E-state index contributed by atoms with van der Waals surface area (Å²) < 4.78 is 51.8. The van der Waals surface area contributed by atoms with Crippen LogP contribution in [0.5, 0.6) is 11.5 Å². The van der Waals surface area contributed by atoms with Crippen LogP contribution in [0.4, 0.5) is 13.2 Å². The molecule has 3 aromatic heterocycles. The maximum absolute atomic E-state index is 13.0. The minimum atomic E-state index is -4.61. The third-order valence-corrected chi connectivity index (χ3v) is 5.91. The van der Waals surface area contributed by atoms with Gasteiger partial charge in [-0.3, -0.25) is 4.98 Å². The number of ether oxygens (including phenoxy) is 2. The van der Waals surface area contributed by atoms with Crippen LogP contribution in [0.3, 0.4) is 0 Å². The van der Waals surface area contributed by atoms with Crippen molar-refractivity contribution in [2.24, 2.45) is 5.73 Å². The fourth-order valence-electron chi connectivity index (χ4n) is 3.69. The number of rotatable bonds is 6. The van der Waals surface area contributed by atoms with Gasteiger partial charge in [-0.15, -0.1) is 10.2 Å². The summed E-state index contributed by atoms with van der Waals surface area (Å²) in [5.41, 5.74) is 7.24. The Morgan fingerprint density at radius 1 is 1.06 bits per heavy atom. The van der Waals surface area contributed by atoms with Crippen molar-refractivity contribution >= 4 is 28.2 Å². The van der Waals surface area contributed by atoms with Gasteiger partial charge in [0.25, 0.3) is 0 Å².